The Bertz CT molecular complexity index is 923. The van der Waals surface area contributed by atoms with Crippen molar-refractivity contribution in [2.24, 2.45) is 0 Å². The molecule has 67 heavy (non-hydrogen) atoms. The molecule has 0 aliphatic heterocycles. The van der Waals surface area contributed by atoms with Crippen molar-refractivity contribution in [2.75, 3.05) is 6.61 Å². The van der Waals surface area contributed by atoms with Crippen LogP contribution in [0.5, 0.6) is 0 Å². The van der Waals surface area contributed by atoms with E-state index in [2.05, 4.69) is 27.7 Å². The second-order valence-electron chi connectivity index (χ2n) is 19.0. The fraction of sp³-hybridized carbons (Fsp3) is 0.897. The SMILES string of the molecule is CCCCCCCCCCCCCCCCCCOC(=O)CCCCCCCCCCCCCCCCC.O=C(O)/C=C/C(=O)O.[CH2-]CCCCCCCCCCCCCCCCC.[H-].[H-].[H-].[Mg+2].[Na+].[Na+]. The van der Waals surface area contributed by atoms with Crippen LogP contribution >= 0.6 is 0 Å². The van der Waals surface area contributed by atoms with Crippen molar-refractivity contribution in [1.29, 1.82) is 0 Å². The van der Waals surface area contributed by atoms with E-state index in [1.807, 2.05) is 0 Å². The summed E-state index contributed by atoms with van der Waals surface area (Å²) in [6.07, 6.45) is 67.0. The zero-order chi connectivity index (χ0) is 47.5. The molecule has 6 nitrogen and oxygen atoms in total. The Morgan fingerprint density at radius 3 is 0.761 bits per heavy atom. The molecule has 0 saturated heterocycles. The molecule has 9 heteroatoms. The monoisotopic (exact) mass is 979 g/mol. The van der Waals surface area contributed by atoms with Crippen LogP contribution in [0.4, 0.5) is 0 Å². The van der Waals surface area contributed by atoms with Gasteiger partial charge in [-0.05, 0) is 12.8 Å². The third-order valence-corrected chi connectivity index (χ3v) is 12.5. The Kier molecular flexibility index (Phi) is 89.8. The molecule has 0 atom stereocenters. The average Bonchev–Trinajstić information content (AvgIpc) is 3.28. The summed E-state index contributed by atoms with van der Waals surface area (Å²) in [4.78, 5) is 31.0. The second kappa shape index (κ2) is 75.8. The molecule has 0 aliphatic carbocycles. The standard InChI is InChI=1S/C36H72O2.C18H37.C4H4O4.Mg.2Na.3H/c1-3-5-7-9-11-13-15-17-19-21-23-25-27-29-31-33-35-38-36(37)34-32-30-28-26-24-22-20-18-16-14-12-10-8-6-4-2;1-3-5-7-9-11-13-15-17-18-16-14-12-10-8-6-4-2;5-3(6)1-2-4(7)8;;;;;;/h3-35H2,1-2H3;1,3-18H2,2H3;1-2H,(H,5,6)(H,7,8);;;;;;/q;-1;;+2;2*+1;3*-1/b;;2-1+;;;;;;. The fourth-order valence-corrected chi connectivity index (χ4v) is 8.24. The Balaban J connectivity index is -0.000000139. The smallest absolute Gasteiger partial charge is 1.00 e. The van der Waals surface area contributed by atoms with Crippen molar-refractivity contribution in [1.82, 2.24) is 0 Å². The number of carboxylic acid groups (broad SMARTS) is 2. The number of aliphatic carboxylic acids is 2. The first-order chi connectivity index (χ1) is 31.3. The van der Waals surface area contributed by atoms with E-state index in [0.717, 1.165) is 19.3 Å². The number of ether oxygens (including phenoxy) is 1. The molecule has 0 aliphatic rings. The van der Waals surface area contributed by atoms with Crippen molar-refractivity contribution >= 4 is 41.0 Å². The van der Waals surface area contributed by atoms with Crippen molar-refractivity contribution in [3.63, 3.8) is 0 Å². The number of unbranched alkanes of at least 4 members (excludes halogenated alkanes) is 44. The molecule has 0 aromatic rings. The minimum Gasteiger partial charge on any atom is -1.00 e. The molecule has 0 heterocycles. The molecule has 0 spiro atoms. The van der Waals surface area contributed by atoms with Crippen molar-refractivity contribution < 1.29 is 92.7 Å². The van der Waals surface area contributed by atoms with Crippen molar-refractivity contribution in [2.45, 2.75) is 329 Å². The summed E-state index contributed by atoms with van der Waals surface area (Å²) in [6.45, 7) is 11.4. The number of rotatable bonds is 50. The third kappa shape index (κ3) is 87.0. The summed E-state index contributed by atoms with van der Waals surface area (Å²) >= 11 is 0. The fourth-order valence-electron chi connectivity index (χ4n) is 8.24. The minimum absolute atomic E-state index is 0. The molecule has 0 fully saturated rings. The minimum atomic E-state index is -1.26. The quantitative estimate of drug-likeness (QED) is 0.0207. The topological polar surface area (TPSA) is 101 Å². The zero-order valence-electron chi connectivity index (χ0n) is 49.2. The first-order valence-corrected chi connectivity index (χ1v) is 28.4. The molecule has 0 rings (SSSR count). The molecule has 0 saturated carbocycles. The molecular weight excluding hydrogens is 863 g/mol. The van der Waals surface area contributed by atoms with Crippen LogP contribution in [-0.4, -0.2) is 57.8 Å². The molecule has 0 amide bonds. The van der Waals surface area contributed by atoms with Gasteiger partial charge < -0.3 is 26.2 Å². The Morgan fingerprint density at radius 1 is 0.358 bits per heavy atom. The Labute approximate surface area is 484 Å². The van der Waals surface area contributed by atoms with E-state index in [9.17, 15) is 14.4 Å². The molecule has 2 N–H and O–H groups in total. The maximum absolute atomic E-state index is 11.9. The Morgan fingerprint density at radius 2 is 0.552 bits per heavy atom. The van der Waals surface area contributed by atoms with Crippen LogP contribution in [-0.2, 0) is 19.1 Å². The predicted molar refractivity (Wildman–Crippen MR) is 288 cm³/mol. The van der Waals surface area contributed by atoms with Gasteiger partial charge in [-0.3, -0.25) is 4.79 Å². The number of carbonyl (C=O) groups is 3. The number of carbonyl (C=O) groups excluding carboxylic acids is 1. The summed E-state index contributed by atoms with van der Waals surface area (Å²) in [5, 5.41) is 15.6. The van der Waals surface area contributed by atoms with Gasteiger partial charge in [0, 0.05) is 18.6 Å². The number of esters is 1. The summed E-state index contributed by atoms with van der Waals surface area (Å²) in [7, 11) is 0. The second-order valence-corrected chi connectivity index (χ2v) is 19.0. The molecular formula is C58H116MgNa2O6. The normalized spacial score (nSPS) is 10.5. The van der Waals surface area contributed by atoms with Gasteiger partial charge in [-0.15, -0.1) is 0 Å². The van der Waals surface area contributed by atoms with Crippen LogP contribution in [0.3, 0.4) is 0 Å². The van der Waals surface area contributed by atoms with Crippen LogP contribution in [0, 0.1) is 6.92 Å². The van der Waals surface area contributed by atoms with Gasteiger partial charge in [-0.25, -0.2) is 9.59 Å². The number of hydrogen-bond acceptors (Lipinski definition) is 4. The van der Waals surface area contributed by atoms with Crippen molar-refractivity contribution in [3.8, 4) is 0 Å². The average molecular weight is 980 g/mol. The van der Waals surface area contributed by atoms with Crippen LogP contribution in [0.2, 0.25) is 0 Å². The summed E-state index contributed by atoms with van der Waals surface area (Å²) in [5.74, 6) is -2.49. The molecule has 0 aromatic heterocycles. The first-order valence-electron chi connectivity index (χ1n) is 28.4. The summed E-state index contributed by atoms with van der Waals surface area (Å²) in [5.41, 5.74) is 0. The molecule has 0 aromatic carbocycles. The van der Waals surface area contributed by atoms with Gasteiger partial charge >= 0.3 is 100 Å². The molecule has 0 bridgehead atoms. The van der Waals surface area contributed by atoms with Crippen LogP contribution in [0.15, 0.2) is 12.2 Å². The molecule has 388 valence electrons. The van der Waals surface area contributed by atoms with Gasteiger partial charge in [0.05, 0.1) is 6.61 Å². The number of hydrogen-bond donors (Lipinski definition) is 2. The van der Waals surface area contributed by atoms with Gasteiger partial charge in [0.1, 0.15) is 0 Å². The van der Waals surface area contributed by atoms with Gasteiger partial charge in [0.15, 0.2) is 0 Å². The summed E-state index contributed by atoms with van der Waals surface area (Å²) in [6, 6.07) is 0. The summed E-state index contributed by atoms with van der Waals surface area (Å²) < 4.78 is 5.44. The molecule has 0 radical (unpaired) electrons. The third-order valence-electron chi connectivity index (χ3n) is 12.5. The maximum Gasteiger partial charge on any atom is 2.00 e. The van der Waals surface area contributed by atoms with E-state index in [-0.39, 0.29) is 92.4 Å². The van der Waals surface area contributed by atoms with E-state index >= 15 is 0 Å². The van der Waals surface area contributed by atoms with E-state index in [0.29, 0.717) is 25.2 Å². The Hall–Kier alpha value is 0.916. The molecule has 0 unspecified atom stereocenters. The predicted octanol–water partition coefficient (Wildman–Crippen LogP) is 13.8. The van der Waals surface area contributed by atoms with Gasteiger partial charge in [0.25, 0.3) is 0 Å². The largest absolute Gasteiger partial charge is 2.00 e. The van der Waals surface area contributed by atoms with Gasteiger partial charge in [0.2, 0.25) is 0 Å². The van der Waals surface area contributed by atoms with E-state index in [1.165, 1.54) is 283 Å². The zero-order valence-corrected chi connectivity index (χ0v) is 51.7. The van der Waals surface area contributed by atoms with E-state index in [1.54, 1.807) is 0 Å². The first kappa shape index (κ1) is 79.3. The van der Waals surface area contributed by atoms with Gasteiger partial charge in [-0.2, -0.15) is 6.42 Å². The van der Waals surface area contributed by atoms with Crippen LogP contribution in [0.1, 0.15) is 333 Å². The van der Waals surface area contributed by atoms with E-state index in [4.69, 9.17) is 14.9 Å². The van der Waals surface area contributed by atoms with Gasteiger partial charge in [-0.1, -0.05) is 303 Å². The van der Waals surface area contributed by atoms with E-state index < -0.39 is 11.9 Å². The number of carboxylic acids is 2. The van der Waals surface area contributed by atoms with Crippen LogP contribution in [0.25, 0.3) is 0 Å². The van der Waals surface area contributed by atoms with Crippen LogP contribution < -0.4 is 59.1 Å². The van der Waals surface area contributed by atoms with Crippen molar-refractivity contribution in [3.05, 3.63) is 19.1 Å². The maximum atomic E-state index is 11.9.